The molecule has 0 heterocycles. The molecule has 0 aromatic heterocycles. The highest BCUT2D eigenvalue weighted by atomic mass is 127. The summed E-state index contributed by atoms with van der Waals surface area (Å²) in [5, 5.41) is -1.09. The molecule has 0 unspecified atom stereocenters. The van der Waals surface area contributed by atoms with E-state index in [1.807, 2.05) is 22.6 Å². The molecule has 68 valence electrons. The van der Waals surface area contributed by atoms with Gasteiger partial charge in [-0.3, -0.25) is 9.59 Å². The second-order valence-electron chi connectivity index (χ2n) is 2.24. The van der Waals surface area contributed by atoms with Crippen LogP contribution in [0.3, 0.4) is 0 Å². The van der Waals surface area contributed by atoms with Gasteiger partial charge in [0.25, 0.3) is 10.5 Å². The van der Waals surface area contributed by atoms with Crippen molar-refractivity contribution in [2.75, 3.05) is 0 Å². The molecule has 1 aromatic rings. The summed E-state index contributed by atoms with van der Waals surface area (Å²) in [7, 11) is 0. The first-order valence-electron chi connectivity index (χ1n) is 3.21. The lowest BCUT2D eigenvalue weighted by molar-refractivity contribution is 0.106. The smallest absolute Gasteiger partial charge is 0.253 e. The molecule has 0 amide bonds. The highest BCUT2D eigenvalue weighted by Crippen LogP contribution is 2.17. The SMILES string of the molecule is O=C(Cl)c1ccc(C(=O)Cl)c(I)c1. The number of carbonyl (C=O) groups is 2. The minimum absolute atomic E-state index is 0.354. The summed E-state index contributed by atoms with van der Waals surface area (Å²) >= 11 is 12.4. The number of hydrogen-bond acceptors (Lipinski definition) is 2. The first-order chi connectivity index (χ1) is 6.02. The number of carbonyl (C=O) groups excluding carboxylic acids is 2. The van der Waals surface area contributed by atoms with Crippen molar-refractivity contribution in [2.45, 2.75) is 0 Å². The largest absolute Gasteiger partial charge is 0.276 e. The molecule has 1 rings (SSSR count). The van der Waals surface area contributed by atoms with Crippen LogP contribution in [-0.4, -0.2) is 10.5 Å². The van der Waals surface area contributed by atoms with Crippen molar-refractivity contribution < 1.29 is 9.59 Å². The van der Waals surface area contributed by atoms with Gasteiger partial charge in [-0.1, -0.05) is 0 Å². The monoisotopic (exact) mass is 328 g/mol. The van der Waals surface area contributed by atoms with E-state index in [2.05, 4.69) is 0 Å². The van der Waals surface area contributed by atoms with Crippen LogP contribution in [-0.2, 0) is 0 Å². The third-order valence-corrected chi connectivity index (χ3v) is 2.72. The van der Waals surface area contributed by atoms with Crippen LogP contribution in [0, 0.1) is 3.57 Å². The summed E-state index contributed by atoms with van der Waals surface area (Å²) in [6.07, 6.45) is 0. The molecule has 0 radical (unpaired) electrons. The second-order valence-corrected chi connectivity index (χ2v) is 4.09. The zero-order valence-electron chi connectivity index (χ0n) is 6.18. The molecule has 13 heavy (non-hydrogen) atoms. The molecule has 0 spiro atoms. The van der Waals surface area contributed by atoms with Gasteiger partial charge in [0, 0.05) is 14.7 Å². The van der Waals surface area contributed by atoms with Crippen LogP contribution in [0.15, 0.2) is 18.2 Å². The van der Waals surface area contributed by atoms with E-state index in [1.165, 1.54) is 18.2 Å². The van der Waals surface area contributed by atoms with Gasteiger partial charge in [-0.25, -0.2) is 0 Å². The molecule has 0 N–H and O–H groups in total. The number of benzene rings is 1. The molecular formula is C8H3Cl2IO2. The van der Waals surface area contributed by atoms with Crippen LogP contribution in [0.1, 0.15) is 20.7 Å². The summed E-state index contributed by atoms with van der Waals surface area (Å²) in [6, 6.07) is 4.46. The van der Waals surface area contributed by atoms with Crippen molar-refractivity contribution in [3.05, 3.63) is 32.9 Å². The third-order valence-electron chi connectivity index (χ3n) is 1.41. The third kappa shape index (κ3) is 2.65. The maximum atomic E-state index is 10.8. The van der Waals surface area contributed by atoms with E-state index in [9.17, 15) is 9.59 Å². The van der Waals surface area contributed by atoms with Crippen molar-refractivity contribution >= 4 is 56.3 Å². The molecule has 0 bridgehead atoms. The molecule has 0 saturated carbocycles. The highest BCUT2D eigenvalue weighted by Gasteiger charge is 2.09. The average Bonchev–Trinajstić information content (AvgIpc) is 2.03. The lowest BCUT2D eigenvalue weighted by Crippen LogP contribution is -1.96. The lowest BCUT2D eigenvalue weighted by Gasteiger charge is -1.99. The normalized spacial score (nSPS) is 9.77. The van der Waals surface area contributed by atoms with Gasteiger partial charge in [0.2, 0.25) is 0 Å². The van der Waals surface area contributed by atoms with Crippen molar-refractivity contribution in [3.8, 4) is 0 Å². The van der Waals surface area contributed by atoms with Crippen LogP contribution >= 0.6 is 45.8 Å². The Balaban J connectivity index is 3.20. The molecule has 0 aliphatic carbocycles. The van der Waals surface area contributed by atoms with Gasteiger partial charge in [0.05, 0.1) is 0 Å². The fourth-order valence-electron chi connectivity index (χ4n) is 0.797. The minimum Gasteiger partial charge on any atom is -0.276 e. The Morgan fingerprint density at radius 2 is 1.77 bits per heavy atom. The van der Waals surface area contributed by atoms with Crippen LogP contribution in [0.4, 0.5) is 0 Å². The Labute approximate surface area is 98.4 Å². The topological polar surface area (TPSA) is 34.1 Å². The molecule has 5 heteroatoms. The Kier molecular flexibility index (Phi) is 3.70. The maximum Gasteiger partial charge on any atom is 0.253 e. The van der Waals surface area contributed by atoms with Crippen molar-refractivity contribution in [1.82, 2.24) is 0 Å². The molecule has 0 aliphatic rings. The van der Waals surface area contributed by atoms with E-state index in [1.54, 1.807) is 0 Å². The molecule has 0 fully saturated rings. The van der Waals surface area contributed by atoms with Crippen molar-refractivity contribution in [1.29, 1.82) is 0 Å². The van der Waals surface area contributed by atoms with Crippen LogP contribution < -0.4 is 0 Å². The number of hydrogen-bond donors (Lipinski definition) is 0. The van der Waals surface area contributed by atoms with Gasteiger partial charge in [0.15, 0.2) is 0 Å². The first kappa shape index (κ1) is 10.9. The fraction of sp³-hybridized carbons (Fsp3) is 0. The predicted molar refractivity (Wildman–Crippen MR) is 59.5 cm³/mol. The predicted octanol–water partition coefficient (Wildman–Crippen LogP) is 3.05. The first-order valence-corrected chi connectivity index (χ1v) is 5.05. The van der Waals surface area contributed by atoms with E-state index >= 15 is 0 Å². The summed E-state index contributed by atoms with van der Waals surface area (Å²) in [5.41, 5.74) is 0.733. The van der Waals surface area contributed by atoms with Crippen molar-refractivity contribution in [3.63, 3.8) is 0 Å². The minimum atomic E-state index is -0.550. The highest BCUT2D eigenvalue weighted by molar-refractivity contribution is 14.1. The van der Waals surface area contributed by atoms with Gasteiger partial charge < -0.3 is 0 Å². The molecule has 0 aliphatic heterocycles. The maximum absolute atomic E-state index is 10.8. The van der Waals surface area contributed by atoms with Gasteiger partial charge >= 0.3 is 0 Å². The molecule has 1 aromatic carbocycles. The summed E-state index contributed by atoms with van der Waals surface area (Å²) in [4.78, 5) is 21.5. The van der Waals surface area contributed by atoms with Crippen LogP contribution in [0.2, 0.25) is 0 Å². The average molecular weight is 329 g/mol. The zero-order chi connectivity index (χ0) is 10.0. The van der Waals surface area contributed by atoms with Gasteiger partial charge in [-0.2, -0.15) is 0 Å². The molecule has 0 atom stereocenters. The molecular weight excluding hydrogens is 326 g/mol. The van der Waals surface area contributed by atoms with E-state index in [-0.39, 0.29) is 0 Å². The summed E-state index contributed by atoms with van der Waals surface area (Å²) in [5.74, 6) is 0. The fourth-order valence-corrected chi connectivity index (χ4v) is 2.00. The quantitative estimate of drug-likeness (QED) is 0.617. The Morgan fingerprint density at radius 1 is 1.15 bits per heavy atom. The standard InChI is InChI=1S/C8H3Cl2IO2/c9-7(12)4-1-2-5(8(10)13)6(11)3-4/h1-3H. The van der Waals surface area contributed by atoms with E-state index in [4.69, 9.17) is 23.2 Å². The Bertz CT molecular complexity index is 376. The number of rotatable bonds is 2. The summed E-state index contributed by atoms with van der Waals surface area (Å²) in [6.45, 7) is 0. The Morgan fingerprint density at radius 3 is 2.15 bits per heavy atom. The second kappa shape index (κ2) is 4.39. The van der Waals surface area contributed by atoms with Gasteiger partial charge in [0.1, 0.15) is 0 Å². The molecule has 0 saturated heterocycles. The van der Waals surface area contributed by atoms with E-state index < -0.39 is 10.5 Å². The zero-order valence-corrected chi connectivity index (χ0v) is 9.85. The molecule has 2 nitrogen and oxygen atoms in total. The number of halogens is 3. The van der Waals surface area contributed by atoms with Crippen LogP contribution in [0.5, 0.6) is 0 Å². The summed E-state index contributed by atoms with van der Waals surface area (Å²) < 4.78 is 0.615. The van der Waals surface area contributed by atoms with E-state index in [0.717, 1.165) is 0 Å². The van der Waals surface area contributed by atoms with Crippen molar-refractivity contribution in [2.24, 2.45) is 0 Å². The van der Waals surface area contributed by atoms with Gasteiger partial charge in [-0.05, 0) is 64.0 Å². The van der Waals surface area contributed by atoms with E-state index in [0.29, 0.717) is 14.7 Å². The lowest BCUT2D eigenvalue weighted by atomic mass is 10.2. The Hall–Kier alpha value is -0.130. The van der Waals surface area contributed by atoms with Crippen LogP contribution in [0.25, 0.3) is 0 Å². The van der Waals surface area contributed by atoms with Gasteiger partial charge in [-0.15, -0.1) is 0 Å².